The van der Waals surface area contributed by atoms with E-state index in [-0.39, 0.29) is 0 Å². The van der Waals surface area contributed by atoms with Gasteiger partial charge in [-0.2, -0.15) is 0 Å². The summed E-state index contributed by atoms with van der Waals surface area (Å²) < 4.78 is 0. The van der Waals surface area contributed by atoms with E-state index in [1.807, 2.05) is 12.2 Å². The predicted molar refractivity (Wildman–Crippen MR) is 55.1 cm³/mol. The number of hydrogen-bond acceptors (Lipinski definition) is 0. The van der Waals surface area contributed by atoms with E-state index in [1.165, 1.54) is 30.4 Å². The van der Waals surface area contributed by atoms with Crippen LogP contribution in [0, 0.1) is 5.41 Å². The predicted octanol–water partition coefficient (Wildman–Crippen LogP) is 3.87. The molecule has 0 aliphatic heterocycles. The molecule has 0 aromatic heterocycles. The molecule has 0 radical (unpaired) electrons. The molecule has 12 heavy (non-hydrogen) atoms. The SMILES string of the molecule is C=CC1=C(C=C)C(C)(C)CCC1. The summed E-state index contributed by atoms with van der Waals surface area (Å²) in [5, 5.41) is 0. The van der Waals surface area contributed by atoms with Gasteiger partial charge in [0.25, 0.3) is 0 Å². The molecule has 0 spiro atoms. The Labute approximate surface area is 75.7 Å². The Balaban J connectivity index is 3.10. The molecule has 0 heterocycles. The molecule has 0 atom stereocenters. The fourth-order valence-corrected chi connectivity index (χ4v) is 2.04. The largest absolute Gasteiger partial charge is 0.0988 e. The van der Waals surface area contributed by atoms with Crippen molar-refractivity contribution in [3.63, 3.8) is 0 Å². The Kier molecular flexibility index (Phi) is 2.56. The molecular weight excluding hydrogens is 144 g/mol. The van der Waals surface area contributed by atoms with Crippen molar-refractivity contribution >= 4 is 0 Å². The third kappa shape index (κ3) is 1.52. The molecule has 66 valence electrons. The van der Waals surface area contributed by atoms with Crippen LogP contribution < -0.4 is 0 Å². The molecule has 0 nitrogen and oxygen atoms in total. The highest BCUT2D eigenvalue weighted by Gasteiger charge is 2.26. The van der Waals surface area contributed by atoms with Crippen LogP contribution in [0.4, 0.5) is 0 Å². The summed E-state index contributed by atoms with van der Waals surface area (Å²) >= 11 is 0. The van der Waals surface area contributed by atoms with Crippen LogP contribution in [-0.2, 0) is 0 Å². The van der Waals surface area contributed by atoms with Gasteiger partial charge in [-0.05, 0) is 35.8 Å². The lowest BCUT2D eigenvalue weighted by Gasteiger charge is -2.32. The smallest absolute Gasteiger partial charge is 0.0101 e. The van der Waals surface area contributed by atoms with Gasteiger partial charge in [-0.3, -0.25) is 0 Å². The molecule has 0 fully saturated rings. The Morgan fingerprint density at radius 1 is 1.25 bits per heavy atom. The highest BCUT2D eigenvalue weighted by molar-refractivity contribution is 5.37. The van der Waals surface area contributed by atoms with Crippen molar-refractivity contribution in [2.24, 2.45) is 5.41 Å². The van der Waals surface area contributed by atoms with E-state index in [4.69, 9.17) is 0 Å². The maximum atomic E-state index is 3.87. The highest BCUT2D eigenvalue weighted by atomic mass is 14.3. The molecule has 0 saturated carbocycles. The van der Waals surface area contributed by atoms with Gasteiger partial charge in [-0.1, -0.05) is 39.2 Å². The first-order valence-electron chi connectivity index (χ1n) is 4.60. The van der Waals surface area contributed by atoms with Crippen molar-refractivity contribution in [2.75, 3.05) is 0 Å². The van der Waals surface area contributed by atoms with E-state index in [1.54, 1.807) is 0 Å². The monoisotopic (exact) mass is 162 g/mol. The van der Waals surface area contributed by atoms with E-state index in [0.29, 0.717) is 5.41 Å². The highest BCUT2D eigenvalue weighted by Crippen LogP contribution is 2.40. The quantitative estimate of drug-likeness (QED) is 0.578. The van der Waals surface area contributed by atoms with Gasteiger partial charge in [-0.15, -0.1) is 0 Å². The minimum Gasteiger partial charge on any atom is -0.0988 e. The molecule has 1 aliphatic rings. The van der Waals surface area contributed by atoms with Crippen LogP contribution in [0.25, 0.3) is 0 Å². The lowest BCUT2D eigenvalue weighted by atomic mass is 9.72. The summed E-state index contributed by atoms with van der Waals surface area (Å²) in [6.45, 7) is 12.3. The fourth-order valence-electron chi connectivity index (χ4n) is 2.04. The van der Waals surface area contributed by atoms with E-state index in [2.05, 4.69) is 27.0 Å². The topological polar surface area (TPSA) is 0 Å². The van der Waals surface area contributed by atoms with Gasteiger partial charge >= 0.3 is 0 Å². The number of allylic oxidation sites excluding steroid dienone is 4. The fraction of sp³-hybridized carbons (Fsp3) is 0.500. The molecule has 1 aliphatic carbocycles. The molecule has 0 unspecified atom stereocenters. The average molecular weight is 162 g/mol. The Hall–Kier alpha value is -0.780. The molecule has 0 saturated heterocycles. The van der Waals surface area contributed by atoms with E-state index < -0.39 is 0 Å². The van der Waals surface area contributed by atoms with Crippen molar-refractivity contribution in [3.8, 4) is 0 Å². The van der Waals surface area contributed by atoms with Crippen LogP contribution in [0.3, 0.4) is 0 Å². The van der Waals surface area contributed by atoms with Crippen LogP contribution in [0.2, 0.25) is 0 Å². The van der Waals surface area contributed by atoms with Gasteiger partial charge in [0, 0.05) is 0 Å². The third-order valence-corrected chi connectivity index (χ3v) is 2.77. The normalized spacial score (nSPS) is 22.2. The van der Waals surface area contributed by atoms with E-state index >= 15 is 0 Å². The lowest BCUT2D eigenvalue weighted by molar-refractivity contribution is 0.380. The van der Waals surface area contributed by atoms with Crippen molar-refractivity contribution in [2.45, 2.75) is 33.1 Å². The summed E-state index contributed by atoms with van der Waals surface area (Å²) in [6.07, 6.45) is 7.71. The van der Waals surface area contributed by atoms with Gasteiger partial charge in [0.2, 0.25) is 0 Å². The van der Waals surface area contributed by atoms with Crippen molar-refractivity contribution in [1.82, 2.24) is 0 Å². The summed E-state index contributed by atoms with van der Waals surface area (Å²) in [7, 11) is 0. The second kappa shape index (κ2) is 3.30. The molecule has 1 rings (SSSR count). The van der Waals surface area contributed by atoms with Crippen LogP contribution in [0.5, 0.6) is 0 Å². The number of rotatable bonds is 2. The zero-order valence-electron chi connectivity index (χ0n) is 8.19. The minimum absolute atomic E-state index is 0.309. The van der Waals surface area contributed by atoms with Gasteiger partial charge in [-0.25, -0.2) is 0 Å². The van der Waals surface area contributed by atoms with Crippen LogP contribution in [0.15, 0.2) is 36.5 Å². The van der Waals surface area contributed by atoms with Crippen LogP contribution >= 0.6 is 0 Å². The van der Waals surface area contributed by atoms with Gasteiger partial charge in [0.1, 0.15) is 0 Å². The van der Waals surface area contributed by atoms with E-state index in [0.717, 1.165) is 0 Å². The molecular formula is C12H18. The first kappa shape index (κ1) is 9.31. The summed E-state index contributed by atoms with van der Waals surface area (Å²) in [5.41, 5.74) is 3.09. The number of hydrogen-bond donors (Lipinski definition) is 0. The maximum absolute atomic E-state index is 3.87. The second-order valence-corrected chi connectivity index (χ2v) is 4.08. The van der Waals surface area contributed by atoms with Crippen molar-refractivity contribution in [1.29, 1.82) is 0 Å². The Morgan fingerprint density at radius 3 is 2.33 bits per heavy atom. The van der Waals surface area contributed by atoms with Crippen molar-refractivity contribution < 1.29 is 0 Å². The minimum atomic E-state index is 0.309. The maximum Gasteiger partial charge on any atom is -0.0101 e. The van der Waals surface area contributed by atoms with Crippen molar-refractivity contribution in [3.05, 3.63) is 36.5 Å². The summed E-state index contributed by atoms with van der Waals surface area (Å²) in [4.78, 5) is 0. The molecule has 0 aromatic carbocycles. The van der Waals surface area contributed by atoms with Crippen LogP contribution in [0.1, 0.15) is 33.1 Å². The zero-order chi connectivity index (χ0) is 9.19. The third-order valence-electron chi connectivity index (χ3n) is 2.77. The molecule has 0 bridgehead atoms. The van der Waals surface area contributed by atoms with Crippen LogP contribution in [-0.4, -0.2) is 0 Å². The molecule has 0 amide bonds. The van der Waals surface area contributed by atoms with Gasteiger partial charge in [0.15, 0.2) is 0 Å². The zero-order valence-corrected chi connectivity index (χ0v) is 8.19. The average Bonchev–Trinajstić information content (AvgIpc) is 2.02. The Morgan fingerprint density at radius 2 is 1.92 bits per heavy atom. The van der Waals surface area contributed by atoms with Gasteiger partial charge < -0.3 is 0 Å². The molecule has 0 heteroatoms. The lowest BCUT2D eigenvalue weighted by Crippen LogP contribution is -2.19. The summed E-state index contributed by atoms with van der Waals surface area (Å²) in [5.74, 6) is 0. The second-order valence-electron chi connectivity index (χ2n) is 4.08. The molecule has 0 N–H and O–H groups in total. The van der Waals surface area contributed by atoms with E-state index in [9.17, 15) is 0 Å². The standard InChI is InChI=1S/C12H18/c1-5-10-8-7-9-12(3,4)11(10)6-2/h5-6H,1-2,7-9H2,3-4H3. The Bertz CT molecular complexity index is 228. The summed E-state index contributed by atoms with van der Waals surface area (Å²) in [6, 6.07) is 0. The molecule has 0 aromatic rings. The first-order chi connectivity index (χ1) is 5.61. The van der Waals surface area contributed by atoms with Gasteiger partial charge in [0.05, 0.1) is 0 Å². The first-order valence-corrected chi connectivity index (χ1v) is 4.60.